The number of aliphatic hydroxyl groups excluding tert-OH is 1. The van der Waals surface area contributed by atoms with Gasteiger partial charge in [0.2, 0.25) is 0 Å². The van der Waals surface area contributed by atoms with Crippen molar-refractivity contribution in [1.29, 1.82) is 0 Å². The Balaban J connectivity index is 2.16. The average Bonchev–Trinajstić information content (AvgIpc) is 2.85. The SMILES string of the molecule is CCOC1(C(O)c2ccsc2)CCC(C)CC1. The zero-order chi connectivity index (χ0) is 12.3. The molecule has 2 nitrogen and oxygen atoms in total. The predicted octanol–water partition coefficient (Wildman–Crippen LogP) is 3.77. The molecule has 1 unspecified atom stereocenters. The van der Waals surface area contributed by atoms with Crippen molar-refractivity contribution < 1.29 is 9.84 Å². The Morgan fingerprint density at radius 2 is 2.24 bits per heavy atom. The number of rotatable bonds is 4. The monoisotopic (exact) mass is 254 g/mol. The molecule has 0 spiro atoms. The van der Waals surface area contributed by atoms with Crippen LogP contribution >= 0.6 is 11.3 Å². The van der Waals surface area contributed by atoms with E-state index in [-0.39, 0.29) is 5.60 Å². The summed E-state index contributed by atoms with van der Waals surface area (Å²) in [6.45, 7) is 4.97. The van der Waals surface area contributed by atoms with Crippen LogP contribution in [-0.2, 0) is 4.74 Å². The highest BCUT2D eigenvalue weighted by atomic mass is 32.1. The quantitative estimate of drug-likeness (QED) is 0.886. The number of ether oxygens (including phenoxy) is 1. The van der Waals surface area contributed by atoms with Crippen LogP contribution in [0.1, 0.15) is 51.2 Å². The summed E-state index contributed by atoms with van der Waals surface area (Å²) in [5.74, 6) is 0.762. The van der Waals surface area contributed by atoms with Crippen LogP contribution in [0, 0.1) is 5.92 Å². The van der Waals surface area contributed by atoms with E-state index in [0.717, 1.165) is 37.2 Å². The molecule has 1 aromatic heterocycles. The highest BCUT2D eigenvalue weighted by molar-refractivity contribution is 7.07. The number of hydrogen-bond acceptors (Lipinski definition) is 3. The van der Waals surface area contributed by atoms with Crippen molar-refractivity contribution in [3.05, 3.63) is 22.4 Å². The van der Waals surface area contributed by atoms with Gasteiger partial charge in [-0.2, -0.15) is 11.3 Å². The Bertz CT molecular complexity index is 326. The number of aliphatic hydroxyl groups is 1. The molecule has 0 aromatic carbocycles. The number of hydrogen-bond donors (Lipinski definition) is 1. The fourth-order valence-corrected chi connectivity index (χ4v) is 3.45. The molecular formula is C14H22O2S. The molecule has 17 heavy (non-hydrogen) atoms. The molecule has 0 bridgehead atoms. The van der Waals surface area contributed by atoms with Gasteiger partial charge in [-0.1, -0.05) is 6.92 Å². The Morgan fingerprint density at radius 1 is 1.53 bits per heavy atom. The fourth-order valence-electron chi connectivity index (χ4n) is 2.77. The fraction of sp³-hybridized carbons (Fsp3) is 0.714. The predicted molar refractivity (Wildman–Crippen MR) is 71.3 cm³/mol. The van der Waals surface area contributed by atoms with Gasteiger partial charge in [0, 0.05) is 6.61 Å². The van der Waals surface area contributed by atoms with E-state index < -0.39 is 6.10 Å². The van der Waals surface area contributed by atoms with E-state index >= 15 is 0 Å². The Labute approximate surface area is 108 Å². The molecule has 1 aliphatic carbocycles. The Kier molecular flexibility index (Phi) is 4.23. The highest BCUT2D eigenvalue weighted by Crippen LogP contribution is 2.43. The van der Waals surface area contributed by atoms with Gasteiger partial charge in [-0.3, -0.25) is 0 Å². The third-order valence-electron chi connectivity index (χ3n) is 3.91. The molecule has 0 radical (unpaired) electrons. The summed E-state index contributed by atoms with van der Waals surface area (Å²) < 4.78 is 5.96. The third-order valence-corrected chi connectivity index (χ3v) is 4.61. The van der Waals surface area contributed by atoms with E-state index in [2.05, 4.69) is 6.92 Å². The first kappa shape index (κ1) is 13.1. The van der Waals surface area contributed by atoms with Crippen LogP contribution in [-0.4, -0.2) is 17.3 Å². The van der Waals surface area contributed by atoms with Gasteiger partial charge < -0.3 is 9.84 Å². The zero-order valence-corrected chi connectivity index (χ0v) is 11.5. The van der Waals surface area contributed by atoms with Gasteiger partial charge in [0.15, 0.2) is 0 Å². The van der Waals surface area contributed by atoms with E-state index in [1.807, 2.05) is 23.8 Å². The minimum absolute atomic E-state index is 0.345. The van der Waals surface area contributed by atoms with Crippen molar-refractivity contribution >= 4 is 11.3 Å². The lowest BCUT2D eigenvalue weighted by Crippen LogP contribution is -2.42. The van der Waals surface area contributed by atoms with E-state index in [4.69, 9.17) is 4.74 Å². The Hall–Kier alpha value is -0.380. The molecule has 1 fully saturated rings. The van der Waals surface area contributed by atoms with Crippen molar-refractivity contribution in [1.82, 2.24) is 0 Å². The van der Waals surface area contributed by atoms with Crippen molar-refractivity contribution in [3.63, 3.8) is 0 Å². The van der Waals surface area contributed by atoms with Crippen molar-refractivity contribution in [2.24, 2.45) is 5.92 Å². The first-order chi connectivity index (χ1) is 8.18. The molecule has 96 valence electrons. The standard InChI is InChI=1S/C14H22O2S/c1-3-16-14(7-4-11(2)5-8-14)13(15)12-6-9-17-10-12/h6,9-11,13,15H,3-5,7-8H2,1-2H3. The van der Waals surface area contributed by atoms with Crippen LogP contribution in [0.3, 0.4) is 0 Å². The normalized spacial score (nSPS) is 31.4. The maximum Gasteiger partial charge on any atom is 0.109 e. The van der Waals surface area contributed by atoms with Crippen LogP contribution in [0.25, 0.3) is 0 Å². The van der Waals surface area contributed by atoms with Gasteiger partial charge in [0.25, 0.3) is 0 Å². The van der Waals surface area contributed by atoms with E-state index in [0.29, 0.717) is 6.61 Å². The summed E-state index contributed by atoms with van der Waals surface area (Å²) in [6, 6.07) is 2.01. The van der Waals surface area contributed by atoms with E-state index in [1.165, 1.54) is 0 Å². The molecule has 0 amide bonds. The smallest absolute Gasteiger partial charge is 0.109 e. The maximum absolute atomic E-state index is 10.6. The van der Waals surface area contributed by atoms with Crippen LogP contribution < -0.4 is 0 Å². The van der Waals surface area contributed by atoms with Gasteiger partial charge in [0.05, 0.1) is 5.60 Å². The van der Waals surface area contributed by atoms with Gasteiger partial charge >= 0.3 is 0 Å². The molecule has 2 rings (SSSR count). The lowest BCUT2D eigenvalue weighted by Gasteiger charge is -2.42. The van der Waals surface area contributed by atoms with Crippen molar-refractivity contribution in [2.45, 2.75) is 51.2 Å². The van der Waals surface area contributed by atoms with Gasteiger partial charge in [-0.25, -0.2) is 0 Å². The molecular weight excluding hydrogens is 232 g/mol. The summed E-state index contributed by atoms with van der Waals surface area (Å²) in [5, 5.41) is 14.6. The first-order valence-electron chi connectivity index (χ1n) is 6.52. The lowest BCUT2D eigenvalue weighted by molar-refractivity contribution is -0.146. The number of thiophene rings is 1. The summed E-state index contributed by atoms with van der Waals surface area (Å²) in [7, 11) is 0. The van der Waals surface area contributed by atoms with Crippen molar-refractivity contribution in [2.75, 3.05) is 6.61 Å². The second-order valence-electron chi connectivity index (χ2n) is 5.14. The zero-order valence-electron chi connectivity index (χ0n) is 10.7. The van der Waals surface area contributed by atoms with Crippen LogP contribution in [0.2, 0.25) is 0 Å². The molecule has 3 heteroatoms. The topological polar surface area (TPSA) is 29.5 Å². The minimum atomic E-state index is -0.471. The highest BCUT2D eigenvalue weighted by Gasteiger charge is 2.42. The first-order valence-corrected chi connectivity index (χ1v) is 7.46. The van der Waals surface area contributed by atoms with E-state index in [1.54, 1.807) is 11.3 Å². The lowest BCUT2D eigenvalue weighted by atomic mass is 9.75. The second-order valence-corrected chi connectivity index (χ2v) is 5.92. The summed E-state index contributed by atoms with van der Waals surface area (Å²) in [4.78, 5) is 0. The molecule has 0 saturated heterocycles. The average molecular weight is 254 g/mol. The maximum atomic E-state index is 10.6. The molecule has 1 N–H and O–H groups in total. The summed E-state index contributed by atoms with van der Waals surface area (Å²) >= 11 is 1.63. The molecule has 1 atom stereocenters. The van der Waals surface area contributed by atoms with Crippen LogP contribution in [0.15, 0.2) is 16.8 Å². The van der Waals surface area contributed by atoms with E-state index in [9.17, 15) is 5.11 Å². The molecule has 1 saturated carbocycles. The second kappa shape index (κ2) is 5.51. The van der Waals surface area contributed by atoms with Gasteiger partial charge in [-0.15, -0.1) is 0 Å². The minimum Gasteiger partial charge on any atom is -0.385 e. The molecule has 1 aromatic rings. The van der Waals surface area contributed by atoms with Crippen LogP contribution in [0.4, 0.5) is 0 Å². The third kappa shape index (κ3) is 2.72. The summed E-state index contributed by atoms with van der Waals surface area (Å²) in [5.41, 5.74) is 0.667. The molecule has 0 aliphatic heterocycles. The molecule has 1 aliphatic rings. The summed E-state index contributed by atoms with van der Waals surface area (Å²) in [6.07, 6.45) is 3.78. The largest absolute Gasteiger partial charge is 0.385 e. The molecule has 1 heterocycles. The van der Waals surface area contributed by atoms with Crippen LogP contribution in [0.5, 0.6) is 0 Å². The Morgan fingerprint density at radius 3 is 2.76 bits per heavy atom. The van der Waals surface area contributed by atoms with Crippen molar-refractivity contribution in [3.8, 4) is 0 Å². The van der Waals surface area contributed by atoms with Gasteiger partial charge in [0.1, 0.15) is 6.10 Å². The van der Waals surface area contributed by atoms with Gasteiger partial charge in [-0.05, 0) is 60.9 Å².